The summed E-state index contributed by atoms with van der Waals surface area (Å²) in [7, 11) is 0. The van der Waals surface area contributed by atoms with E-state index in [1.54, 1.807) is 35.6 Å². The summed E-state index contributed by atoms with van der Waals surface area (Å²) in [6.07, 6.45) is 0. The summed E-state index contributed by atoms with van der Waals surface area (Å²) in [5, 5.41) is 16.6. The summed E-state index contributed by atoms with van der Waals surface area (Å²) in [6, 6.07) is 17.9. The van der Waals surface area contributed by atoms with Crippen LogP contribution in [-0.2, 0) is 17.9 Å². The highest BCUT2D eigenvalue weighted by atomic mass is 32.1. The zero-order valence-electron chi connectivity index (χ0n) is 17.3. The zero-order valence-corrected chi connectivity index (χ0v) is 18.1. The van der Waals surface area contributed by atoms with E-state index in [0.717, 1.165) is 24.2 Å². The van der Waals surface area contributed by atoms with Crippen LogP contribution in [0.2, 0.25) is 0 Å². The number of nitrogens with one attached hydrogen (secondary N) is 3. The van der Waals surface area contributed by atoms with E-state index in [1.807, 2.05) is 18.2 Å². The molecule has 0 bridgehead atoms. The number of nitrogens with two attached hydrogens (primary N) is 1. The van der Waals surface area contributed by atoms with Crippen molar-refractivity contribution in [3.05, 3.63) is 93.2 Å². The van der Waals surface area contributed by atoms with Crippen molar-refractivity contribution in [2.24, 2.45) is 5.73 Å². The Morgan fingerprint density at radius 3 is 2.19 bits per heavy atom. The fourth-order valence-electron chi connectivity index (χ4n) is 2.85. The minimum Gasteiger partial charge on any atom is -0.339 e. The number of amides is 2. The first-order chi connectivity index (χ1) is 15.6. The second kappa shape index (κ2) is 11.8. The number of hydrogen-bond donors (Lipinski definition) is 5. The van der Waals surface area contributed by atoms with Crippen molar-refractivity contribution in [3.8, 4) is 11.8 Å². The third kappa shape index (κ3) is 6.77. The first kappa shape index (κ1) is 23.2. The van der Waals surface area contributed by atoms with E-state index < -0.39 is 17.9 Å². The first-order valence-corrected chi connectivity index (χ1v) is 10.9. The second-order valence-electron chi connectivity index (χ2n) is 6.94. The number of thiophene rings is 1. The Hall–Kier alpha value is -3.48. The lowest BCUT2D eigenvalue weighted by Crippen LogP contribution is -2.50. The quantitative estimate of drug-likeness (QED) is 0.205. The predicted molar refractivity (Wildman–Crippen MR) is 124 cm³/mol. The number of hydroxylamine groups is 1. The lowest BCUT2D eigenvalue weighted by atomic mass is 10.1. The third-order valence-electron chi connectivity index (χ3n) is 4.63. The monoisotopic (exact) mass is 448 g/mol. The van der Waals surface area contributed by atoms with Gasteiger partial charge in [0, 0.05) is 41.2 Å². The molecule has 0 saturated heterocycles. The van der Waals surface area contributed by atoms with Crippen LogP contribution in [0.5, 0.6) is 0 Å². The molecular formula is C24H24N4O3S. The number of benzene rings is 2. The summed E-state index contributed by atoms with van der Waals surface area (Å²) in [6.45, 7) is 1.51. The van der Waals surface area contributed by atoms with Crippen LogP contribution < -0.4 is 21.8 Å². The van der Waals surface area contributed by atoms with Crippen LogP contribution in [-0.4, -0.2) is 29.6 Å². The van der Waals surface area contributed by atoms with Gasteiger partial charge in [0.1, 0.15) is 6.04 Å². The minimum atomic E-state index is -1.01. The maximum absolute atomic E-state index is 12.2. The Balaban J connectivity index is 1.53. The van der Waals surface area contributed by atoms with E-state index in [-0.39, 0.29) is 6.54 Å². The van der Waals surface area contributed by atoms with Gasteiger partial charge >= 0.3 is 0 Å². The van der Waals surface area contributed by atoms with Crippen LogP contribution in [0.1, 0.15) is 31.9 Å². The summed E-state index contributed by atoms with van der Waals surface area (Å²) >= 11 is 1.74. The molecule has 0 unspecified atom stereocenters. The highest BCUT2D eigenvalue weighted by Gasteiger charge is 2.19. The van der Waals surface area contributed by atoms with E-state index in [9.17, 15) is 9.59 Å². The molecule has 0 aliphatic rings. The molecule has 0 aliphatic carbocycles. The Bertz CT molecular complexity index is 1090. The predicted octanol–water partition coefficient (Wildman–Crippen LogP) is 2.00. The Morgan fingerprint density at radius 1 is 0.969 bits per heavy atom. The van der Waals surface area contributed by atoms with E-state index in [4.69, 9.17) is 10.9 Å². The van der Waals surface area contributed by atoms with Gasteiger partial charge in [0.2, 0.25) is 0 Å². The van der Waals surface area contributed by atoms with Crippen LogP contribution in [0.15, 0.2) is 66.0 Å². The maximum Gasteiger partial charge on any atom is 0.267 e. The van der Waals surface area contributed by atoms with Gasteiger partial charge in [-0.05, 0) is 53.4 Å². The molecule has 8 heteroatoms. The molecule has 0 saturated carbocycles. The average molecular weight is 449 g/mol. The molecule has 3 rings (SSSR count). The molecule has 164 valence electrons. The topological polar surface area (TPSA) is 116 Å². The SMILES string of the molecule is NC[C@H](NC(=O)c1ccc(C#Cc2ccc(CNCc3cccs3)cc2)cc1)C(=O)NO. The van der Waals surface area contributed by atoms with Crippen molar-refractivity contribution in [3.63, 3.8) is 0 Å². The summed E-state index contributed by atoms with van der Waals surface area (Å²) in [5.74, 6) is 4.95. The Morgan fingerprint density at radius 2 is 1.62 bits per heavy atom. The maximum atomic E-state index is 12.2. The molecule has 32 heavy (non-hydrogen) atoms. The molecular weight excluding hydrogens is 424 g/mol. The van der Waals surface area contributed by atoms with E-state index in [0.29, 0.717) is 5.56 Å². The smallest absolute Gasteiger partial charge is 0.267 e. The van der Waals surface area contributed by atoms with Crippen LogP contribution in [0.3, 0.4) is 0 Å². The number of carbonyl (C=O) groups excluding carboxylic acids is 2. The van der Waals surface area contributed by atoms with Crippen molar-refractivity contribution in [1.29, 1.82) is 0 Å². The van der Waals surface area contributed by atoms with Gasteiger partial charge in [0.25, 0.3) is 11.8 Å². The molecule has 2 aromatic carbocycles. The summed E-state index contributed by atoms with van der Waals surface area (Å²) < 4.78 is 0. The van der Waals surface area contributed by atoms with Gasteiger partial charge in [-0.3, -0.25) is 14.8 Å². The van der Waals surface area contributed by atoms with Gasteiger partial charge in [0.15, 0.2) is 0 Å². The van der Waals surface area contributed by atoms with Gasteiger partial charge in [-0.1, -0.05) is 30.0 Å². The van der Waals surface area contributed by atoms with Crippen LogP contribution in [0.4, 0.5) is 0 Å². The van der Waals surface area contributed by atoms with Crippen LogP contribution >= 0.6 is 11.3 Å². The molecule has 1 heterocycles. The molecule has 0 spiro atoms. The molecule has 1 aromatic heterocycles. The third-order valence-corrected chi connectivity index (χ3v) is 5.50. The fraction of sp³-hybridized carbons (Fsp3) is 0.167. The largest absolute Gasteiger partial charge is 0.339 e. The molecule has 3 aromatic rings. The van der Waals surface area contributed by atoms with Gasteiger partial charge in [-0.15, -0.1) is 11.3 Å². The van der Waals surface area contributed by atoms with Gasteiger partial charge < -0.3 is 16.4 Å². The van der Waals surface area contributed by atoms with Gasteiger partial charge in [-0.2, -0.15) is 0 Å². The number of carbonyl (C=O) groups is 2. The molecule has 6 N–H and O–H groups in total. The molecule has 0 radical (unpaired) electrons. The average Bonchev–Trinajstić information content (AvgIpc) is 3.35. The lowest BCUT2D eigenvalue weighted by molar-refractivity contribution is -0.130. The van der Waals surface area contributed by atoms with Crippen LogP contribution in [0.25, 0.3) is 0 Å². The lowest BCUT2D eigenvalue weighted by Gasteiger charge is -2.14. The molecule has 7 nitrogen and oxygen atoms in total. The van der Waals surface area contributed by atoms with Crippen LogP contribution in [0, 0.1) is 11.8 Å². The van der Waals surface area contributed by atoms with Gasteiger partial charge in [-0.25, -0.2) is 5.48 Å². The van der Waals surface area contributed by atoms with E-state index >= 15 is 0 Å². The molecule has 2 amide bonds. The van der Waals surface area contributed by atoms with Crippen molar-refractivity contribution in [2.75, 3.05) is 6.54 Å². The van der Waals surface area contributed by atoms with E-state index in [1.165, 1.54) is 15.9 Å². The van der Waals surface area contributed by atoms with Crippen molar-refractivity contribution in [1.82, 2.24) is 16.1 Å². The van der Waals surface area contributed by atoms with Crippen molar-refractivity contribution >= 4 is 23.2 Å². The number of hydrogen-bond acceptors (Lipinski definition) is 6. The minimum absolute atomic E-state index is 0.134. The Labute approximate surface area is 190 Å². The molecule has 0 fully saturated rings. The Kier molecular flexibility index (Phi) is 8.54. The van der Waals surface area contributed by atoms with Crippen molar-refractivity contribution in [2.45, 2.75) is 19.1 Å². The second-order valence-corrected chi connectivity index (χ2v) is 7.98. The number of rotatable bonds is 8. The normalized spacial score (nSPS) is 11.2. The standard InChI is InChI=1S/C24H24N4O3S/c25-14-22(24(30)28-31)27-23(29)20-11-9-18(10-12-20)4-3-17-5-7-19(8-6-17)15-26-16-21-2-1-13-32-21/h1-2,5-13,22,26,31H,14-16,25H2,(H,27,29)(H,28,30)/t22-/m0/s1. The highest BCUT2D eigenvalue weighted by molar-refractivity contribution is 7.09. The summed E-state index contributed by atoms with van der Waals surface area (Å²) in [4.78, 5) is 25.0. The molecule has 1 atom stereocenters. The highest BCUT2D eigenvalue weighted by Crippen LogP contribution is 2.09. The van der Waals surface area contributed by atoms with E-state index in [2.05, 4.69) is 46.1 Å². The first-order valence-electron chi connectivity index (χ1n) is 9.98. The fourth-order valence-corrected chi connectivity index (χ4v) is 3.52. The molecule has 0 aliphatic heterocycles. The van der Waals surface area contributed by atoms with Crippen molar-refractivity contribution < 1.29 is 14.8 Å². The zero-order chi connectivity index (χ0) is 22.8. The summed E-state index contributed by atoms with van der Waals surface area (Å²) in [5.41, 5.74) is 10.1. The van der Waals surface area contributed by atoms with Gasteiger partial charge in [0.05, 0.1) is 0 Å².